The lowest BCUT2D eigenvalue weighted by molar-refractivity contribution is -0.152. The summed E-state index contributed by atoms with van der Waals surface area (Å²) in [6.45, 7) is 4.03. The van der Waals surface area contributed by atoms with Gasteiger partial charge in [0.25, 0.3) is 5.91 Å². The van der Waals surface area contributed by atoms with Gasteiger partial charge in [0.1, 0.15) is 0 Å². The molecule has 2 rings (SSSR count). The third-order valence-electron chi connectivity index (χ3n) is 4.08. The largest absolute Gasteiger partial charge is 0.455 e. The third-order valence-corrected chi connectivity index (χ3v) is 5.83. The van der Waals surface area contributed by atoms with E-state index in [0.717, 1.165) is 5.56 Å². The van der Waals surface area contributed by atoms with Gasteiger partial charge in [-0.2, -0.15) is 0 Å². The quantitative estimate of drug-likeness (QED) is 0.681. The summed E-state index contributed by atoms with van der Waals surface area (Å²) in [5.74, 6) is -0.510. The van der Waals surface area contributed by atoms with Gasteiger partial charge in [-0.15, -0.1) is 0 Å². The van der Waals surface area contributed by atoms with Gasteiger partial charge >= 0.3 is 5.97 Å². The molecule has 1 aliphatic heterocycles. The molecule has 1 aromatic carbocycles. The van der Waals surface area contributed by atoms with Crippen molar-refractivity contribution in [2.45, 2.75) is 32.7 Å². The first-order valence-corrected chi connectivity index (χ1v) is 10.3. The van der Waals surface area contributed by atoms with Crippen molar-refractivity contribution in [3.8, 4) is 0 Å². The number of hydrogen-bond acceptors (Lipinski definition) is 5. The summed E-state index contributed by atoms with van der Waals surface area (Å²) in [7, 11) is -3.08. The average molecular weight is 367 g/mol. The molecule has 1 heterocycles. The van der Waals surface area contributed by atoms with Crippen LogP contribution in [0.4, 0.5) is 0 Å². The van der Waals surface area contributed by atoms with E-state index in [-0.39, 0.29) is 42.4 Å². The molecule has 1 aromatic rings. The van der Waals surface area contributed by atoms with Crippen molar-refractivity contribution in [2.24, 2.45) is 5.92 Å². The molecule has 0 bridgehead atoms. The number of rotatable bonds is 7. The maximum absolute atomic E-state index is 12.5. The van der Waals surface area contributed by atoms with Gasteiger partial charge in [0.2, 0.25) is 0 Å². The number of sulfone groups is 1. The van der Waals surface area contributed by atoms with Crippen LogP contribution in [0.3, 0.4) is 0 Å². The fourth-order valence-corrected chi connectivity index (χ4v) is 4.64. The van der Waals surface area contributed by atoms with Crippen LogP contribution in [-0.2, 0) is 30.6 Å². The van der Waals surface area contributed by atoms with E-state index in [0.29, 0.717) is 13.0 Å². The summed E-state index contributed by atoms with van der Waals surface area (Å²) >= 11 is 0. The Morgan fingerprint density at radius 2 is 1.92 bits per heavy atom. The molecule has 0 saturated carbocycles. The number of amides is 1. The highest BCUT2D eigenvalue weighted by Gasteiger charge is 2.35. The molecule has 6 nitrogen and oxygen atoms in total. The number of ether oxygens (including phenoxy) is 1. The molecular formula is C18H25NO5S. The van der Waals surface area contributed by atoms with Crippen LogP contribution in [0.1, 0.15) is 25.8 Å². The fourth-order valence-electron chi connectivity index (χ4n) is 2.91. The second kappa shape index (κ2) is 8.47. The number of carbonyl (C=O) groups is 2. The number of benzene rings is 1. The van der Waals surface area contributed by atoms with Crippen LogP contribution in [0.5, 0.6) is 0 Å². The van der Waals surface area contributed by atoms with Crippen molar-refractivity contribution in [3.05, 3.63) is 35.9 Å². The Morgan fingerprint density at radius 1 is 1.24 bits per heavy atom. The van der Waals surface area contributed by atoms with E-state index in [4.69, 9.17) is 4.74 Å². The first kappa shape index (κ1) is 19.4. The zero-order chi connectivity index (χ0) is 18.4. The lowest BCUT2D eigenvalue weighted by Gasteiger charge is -2.29. The summed E-state index contributed by atoms with van der Waals surface area (Å²) in [4.78, 5) is 25.9. The van der Waals surface area contributed by atoms with Gasteiger partial charge in [0.05, 0.1) is 17.9 Å². The monoisotopic (exact) mass is 367 g/mol. The van der Waals surface area contributed by atoms with Gasteiger partial charge < -0.3 is 9.64 Å². The first-order chi connectivity index (χ1) is 11.8. The Kier molecular flexibility index (Phi) is 6.58. The summed E-state index contributed by atoms with van der Waals surface area (Å²) in [5.41, 5.74) is 0.820. The second-order valence-corrected chi connectivity index (χ2v) is 9.05. The molecule has 1 aliphatic rings. The molecule has 1 atom stereocenters. The highest BCUT2D eigenvalue weighted by molar-refractivity contribution is 7.91. The molecular weight excluding hydrogens is 342 g/mol. The zero-order valence-corrected chi connectivity index (χ0v) is 15.5. The molecule has 1 unspecified atom stereocenters. The standard InChI is InChI=1S/C18H25NO5S/c1-14(2)11-19(16-8-9-25(22,23)13-16)17(20)12-24-18(21)10-15-6-4-3-5-7-15/h3-7,14,16H,8-13H2,1-2H3. The van der Waals surface area contributed by atoms with Crippen LogP contribution in [0.2, 0.25) is 0 Å². The number of esters is 1. The van der Waals surface area contributed by atoms with Crippen molar-refractivity contribution >= 4 is 21.7 Å². The minimum atomic E-state index is -3.08. The van der Waals surface area contributed by atoms with Crippen molar-refractivity contribution in [3.63, 3.8) is 0 Å². The van der Waals surface area contributed by atoms with Gasteiger partial charge in [-0.1, -0.05) is 44.2 Å². The van der Waals surface area contributed by atoms with Gasteiger partial charge in [0, 0.05) is 12.6 Å². The Bertz CT molecular complexity index is 699. The van der Waals surface area contributed by atoms with E-state index >= 15 is 0 Å². The van der Waals surface area contributed by atoms with Crippen LogP contribution in [-0.4, -0.2) is 55.9 Å². The van der Waals surface area contributed by atoms with E-state index in [2.05, 4.69) is 0 Å². The summed E-state index contributed by atoms with van der Waals surface area (Å²) in [5, 5.41) is 0. The molecule has 25 heavy (non-hydrogen) atoms. The highest BCUT2D eigenvalue weighted by atomic mass is 32.2. The minimum Gasteiger partial charge on any atom is -0.455 e. The normalized spacial score (nSPS) is 18.9. The molecule has 0 spiro atoms. The molecule has 1 saturated heterocycles. The molecule has 7 heteroatoms. The second-order valence-electron chi connectivity index (χ2n) is 6.82. The van der Waals surface area contributed by atoms with Crippen molar-refractivity contribution in [1.29, 1.82) is 0 Å². The van der Waals surface area contributed by atoms with Gasteiger partial charge in [-0.3, -0.25) is 9.59 Å². The maximum Gasteiger partial charge on any atom is 0.310 e. The van der Waals surface area contributed by atoms with Crippen LogP contribution in [0, 0.1) is 5.92 Å². The predicted octanol–water partition coefficient (Wildman–Crippen LogP) is 1.44. The van der Waals surface area contributed by atoms with Gasteiger partial charge in [-0.05, 0) is 17.9 Å². The van der Waals surface area contributed by atoms with Crippen molar-refractivity contribution in [1.82, 2.24) is 4.90 Å². The van der Waals surface area contributed by atoms with Crippen LogP contribution < -0.4 is 0 Å². The summed E-state index contributed by atoms with van der Waals surface area (Å²) in [6.07, 6.45) is 0.550. The lowest BCUT2D eigenvalue weighted by atomic mass is 10.1. The first-order valence-electron chi connectivity index (χ1n) is 8.46. The number of carbonyl (C=O) groups excluding carboxylic acids is 2. The zero-order valence-electron chi connectivity index (χ0n) is 14.7. The van der Waals surface area contributed by atoms with Gasteiger partial charge in [-0.25, -0.2) is 8.42 Å². The van der Waals surface area contributed by atoms with E-state index in [1.807, 2.05) is 44.2 Å². The Balaban J connectivity index is 1.91. The van der Waals surface area contributed by atoms with E-state index < -0.39 is 15.8 Å². The molecule has 1 amide bonds. The third kappa shape index (κ3) is 6.16. The van der Waals surface area contributed by atoms with Crippen LogP contribution >= 0.6 is 0 Å². The minimum absolute atomic E-state index is 0.0105. The molecule has 138 valence electrons. The van der Waals surface area contributed by atoms with Crippen LogP contribution in [0.25, 0.3) is 0 Å². The molecule has 0 N–H and O–H groups in total. The molecule has 0 radical (unpaired) electrons. The van der Waals surface area contributed by atoms with Crippen LogP contribution in [0.15, 0.2) is 30.3 Å². The SMILES string of the molecule is CC(C)CN(C(=O)COC(=O)Cc1ccccc1)C1CCS(=O)(=O)C1. The summed E-state index contributed by atoms with van der Waals surface area (Å²) in [6, 6.07) is 8.83. The Hall–Kier alpha value is -1.89. The number of nitrogens with zero attached hydrogens (tertiary/aromatic N) is 1. The summed E-state index contributed by atoms with van der Waals surface area (Å²) < 4.78 is 28.5. The lowest BCUT2D eigenvalue weighted by Crippen LogP contribution is -2.45. The predicted molar refractivity (Wildman–Crippen MR) is 94.7 cm³/mol. The average Bonchev–Trinajstić information content (AvgIpc) is 2.91. The van der Waals surface area contributed by atoms with Gasteiger partial charge in [0.15, 0.2) is 16.4 Å². The van der Waals surface area contributed by atoms with Crippen molar-refractivity contribution in [2.75, 3.05) is 24.7 Å². The van der Waals surface area contributed by atoms with Crippen molar-refractivity contribution < 1.29 is 22.7 Å². The Morgan fingerprint density at radius 3 is 2.48 bits per heavy atom. The fraction of sp³-hybridized carbons (Fsp3) is 0.556. The highest BCUT2D eigenvalue weighted by Crippen LogP contribution is 2.19. The Labute approximate surface area is 149 Å². The van der Waals surface area contributed by atoms with E-state index in [9.17, 15) is 18.0 Å². The van der Waals surface area contributed by atoms with E-state index in [1.54, 1.807) is 4.90 Å². The molecule has 0 aromatic heterocycles. The maximum atomic E-state index is 12.5. The smallest absolute Gasteiger partial charge is 0.310 e. The number of hydrogen-bond donors (Lipinski definition) is 0. The molecule has 1 fully saturated rings. The molecule has 0 aliphatic carbocycles. The van der Waals surface area contributed by atoms with E-state index in [1.165, 1.54) is 0 Å². The topological polar surface area (TPSA) is 80.8 Å².